The minimum absolute atomic E-state index is 0.103. The van der Waals surface area contributed by atoms with Gasteiger partial charge in [-0.15, -0.1) is 0 Å². The van der Waals surface area contributed by atoms with Crippen LogP contribution in [-0.4, -0.2) is 29.2 Å². The molecule has 0 saturated heterocycles. The van der Waals surface area contributed by atoms with E-state index in [1.165, 1.54) is 19.4 Å². The number of urea groups is 1. The Morgan fingerprint density at radius 2 is 1.81 bits per heavy atom. The van der Waals surface area contributed by atoms with Crippen LogP contribution in [0.15, 0.2) is 60.8 Å². The molecule has 1 atom stereocenters. The first-order chi connectivity index (χ1) is 14.9. The van der Waals surface area contributed by atoms with Gasteiger partial charge < -0.3 is 25.2 Å². The summed E-state index contributed by atoms with van der Waals surface area (Å²) in [6.45, 7) is 1.84. The molecule has 2 aromatic carbocycles. The molecule has 0 aliphatic carbocycles. The third kappa shape index (κ3) is 5.86. The summed E-state index contributed by atoms with van der Waals surface area (Å²) in [4.78, 5) is 27.1. The number of carbonyl (C=O) groups excluding carboxylic acids is 1. The lowest BCUT2D eigenvalue weighted by atomic mass is 10.1. The van der Waals surface area contributed by atoms with Crippen LogP contribution in [0.25, 0.3) is 0 Å². The maximum atomic E-state index is 12.4. The van der Waals surface area contributed by atoms with Crippen LogP contribution in [0.3, 0.4) is 0 Å². The molecule has 3 aromatic rings. The predicted molar refractivity (Wildman–Crippen MR) is 116 cm³/mol. The van der Waals surface area contributed by atoms with Crippen molar-refractivity contribution in [3.05, 3.63) is 77.1 Å². The highest BCUT2D eigenvalue weighted by Crippen LogP contribution is 2.28. The Morgan fingerprint density at radius 3 is 2.48 bits per heavy atom. The van der Waals surface area contributed by atoms with Crippen molar-refractivity contribution in [3.63, 3.8) is 0 Å². The lowest BCUT2D eigenvalue weighted by Crippen LogP contribution is -2.31. The number of carboxylic acid groups (broad SMARTS) is 1. The highest BCUT2D eigenvalue weighted by atomic mass is 35.5. The van der Waals surface area contributed by atoms with Gasteiger partial charge in [0.1, 0.15) is 17.2 Å². The number of aromatic carboxylic acids is 1. The van der Waals surface area contributed by atoms with E-state index < -0.39 is 12.0 Å². The van der Waals surface area contributed by atoms with Crippen molar-refractivity contribution in [2.45, 2.75) is 13.0 Å². The fraction of sp³-hybridized carbons (Fsp3) is 0.136. The number of nitrogens with zero attached hydrogens (tertiary/aromatic N) is 1. The summed E-state index contributed by atoms with van der Waals surface area (Å²) in [5.41, 5.74) is 1.21. The Labute approximate surface area is 183 Å². The number of nitrogens with one attached hydrogen (secondary N) is 2. The summed E-state index contributed by atoms with van der Waals surface area (Å²) < 4.78 is 10.9. The number of carbonyl (C=O) groups is 2. The van der Waals surface area contributed by atoms with Gasteiger partial charge in [-0.2, -0.15) is 0 Å². The molecule has 160 valence electrons. The fourth-order valence-electron chi connectivity index (χ4n) is 2.77. The summed E-state index contributed by atoms with van der Waals surface area (Å²) >= 11 is 5.98. The summed E-state index contributed by atoms with van der Waals surface area (Å²) in [6.07, 6.45) is 1.37. The van der Waals surface area contributed by atoms with E-state index in [4.69, 9.17) is 26.2 Å². The average molecular weight is 442 g/mol. The number of anilines is 1. The highest BCUT2D eigenvalue weighted by molar-refractivity contribution is 6.31. The lowest BCUT2D eigenvalue weighted by molar-refractivity contribution is 0.0690. The van der Waals surface area contributed by atoms with Crippen LogP contribution >= 0.6 is 11.6 Å². The van der Waals surface area contributed by atoms with Crippen molar-refractivity contribution in [3.8, 4) is 17.2 Å². The quantitative estimate of drug-likeness (QED) is 0.469. The number of carboxylic acids is 1. The number of ether oxygens (including phenoxy) is 2. The third-order valence-corrected chi connectivity index (χ3v) is 4.56. The molecule has 1 heterocycles. The third-order valence-electron chi connectivity index (χ3n) is 4.32. The smallest absolute Gasteiger partial charge is 0.354 e. The first kappa shape index (κ1) is 21.9. The number of aromatic nitrogens is 1. The molecule has 0 saturated carbocycles. The van der Waals surface area contributed by atoms with Crippen molar-refractivity contribution < 1.29 is 24.2 Å². The molecule has 0 radical (unpaired) electrons. The molecule has 31 heavy (non-hydrogen) atoms. The lowest BCUT2D eigenvalue weighted by Gasteiger charge is -2.17. The summed E-state index contributed by atoms with van der Waals surface area (Å²) in [6, 6.07) is 14.2. The normalized spacial score (nSPS) is 11.3. The molecule has 0 fully saturated rings. The number of amides is 2. The van der Waals surface area contributed by atoms with Gasteiger partial charge >= 0.3 is 12.0 Å². The number of hydrogen-bond acceptors (Lipinski definition) is 5. The number of hydrogen-bond donors (Lipinski definition) is 3. The van der Waals surface area contributed by atoms with E-state index in [0.717, 1.165) is 5.56 Å². The molecule has 0 bridgehead atoms. The van der Waals surface area contributed by atoms with Crippen molar-refractivity contribution in [1.29, 1.82) is 0 Å². The monoisotopic (exact) mass is 441 g/mol. The Bertz CT molecular complexity index is 1090. The molecule has 0 aliphatic heterocycles. The molecule has 3 N–H and O–H groups in total. The van der Waals surface area contributed by atoms with Crippen LogP contribution in [-0.2, 0) is 0 Å². The second-order valence-corrected chi connectivity index (χ2v) is 6.95. The van der Waals surface area contributed by atoms with Gasteiger partial charge in [0.25, 0.3) is 0 Å². The van der Waals surface area contributed by atoms with Crippen LogP contribution < -0.4 is 20.1 Å². The highest BCUT2D eigenvalue weighted by Gasteiger charge is 2.13. The summed E-state index contributed by atoms with van der Waals surface area (Å²) in [5.74, 6) is 0.248. The van der Waals surface area contributed by atoms with Crippen molar-refractivity contribution >= 4 is 29.3 Å². The van der Waals surface area contributed by atoms with Gasteiger partial charge in [-0.05, 0) is 48.9 Å². The van der Waals surface area contributed by atoms with Crippen molar-refractivity contribution in [1.82, 2.24) is 10.3 Å². The van der Waals surface area contributed by atoms with Crippen LogP contribution in [0.4, 0.5) is 10.5 Å². The SMILES string of the molecule is COc1ccc(Cl)cc1NC(=O)NC(C)c1ccc(Oc2ccnc(C(=O)O)c2)cc1. The molecule has 0 spiro atoms. The number of methoxy groups -OCH3 is 1. The van der Waals surface area contributed by atoms with Gasteiger partial charge in [0.15, 0.2) is 5.69 Å². The van der Waals surface area contributed by atoms with Crippen LogP contribution in [0.1, 0.15) is 29.0 Å². The zero-order valence-electron chi connectivity index (χ0n) is 16.8. The molecule has 8 nitrogen and oxygen atoms in total. The van der Waals surface area contributed by atoms with E-state index in [0.29, 0.717) is 28.0 Å². The molecule has 1 aromatic heterocycles. The first-order valence-corrected chi connectivity index (χ1v) is 9.61. The Morgan fingerprint density at radius 1 is 1.06 bits per heavy atom. The van der Waals surface area contributed by atoms with Gasteiger partial charge in [-0.25, -0.2) is 14.6 Å². The summed E-state index contributed by atoms with van der Waals surface area (Å²) in [7, 11) is 1.51. The first-order valence-electron chi connectivity index (χ1n) is 9.24. The minimum Gasteiger partial charge on any atom is -0.495 e. The Hall–Kier alpha value is -3.78. The zero-order chi connectivity index (χ0) is 22.4. The second-order valence-electron chi connectivity index (χ2n) is 6.52. The van der Waals surface area contributed by atoms with Gasteiger partial charge in [-0.1, -0.05) is 23.7 Å². The molecule has 3 rings (SSSR count). The van der Waals surface area contributed by atoms with Gasteiger partial charge in [-0.3, -0.25) is 0 Å². The maximum Gasteiger partial charge on any atom is 0.354 e. The van der Waals surface area contributed by atoms with E-state index in [1.807, 2.05) is 6.92 Å². The predicted octanol–water partition coefficient (Wildman–Crippen LogP) is 5.12. The molecular formula is C22H20ClN3O5. The van der Waals surface area contributed by atoms with Crippen LogP contribution in [0.2, 0.25) is 5.02 Å². The average Bonchev–Trinajstić information content (AvgIpc) is 2.74. The van der Waals surface area contributed by atoms with Gasteiger partial charge in [0.05, 0.1) is 18.8 Å². The standard InChI is InChI=1S/C22H20ClN3O5/c1-13(25-22(29)26-18-11-15(23)5-8-20(18)30-2)14-3-6-16(7-4-14)31-17-9-10-24-19(12-17)21(27)28/h3-13H,1-2H3,(H,27,28)(H2,25,26,29). The zero-order valence-corrected chi connectivity index (χ0v) is 17.5. The number of halogens is 1. The minimum atomic E-state index is -1.13. The number of rotatable bonds is 7. The molecular weight excluding hydrogens is 422 g/mol. The van der Waals surface area contributed by atoms with Gasteiger partial charge in [0.2, 0.25) is 0 Å². The number of pyridine rings is 1. The Kier molecular flexibility index (Phi) is 6.94. The molecule has 1 unspecified atom stereocenters. The molecule has 0 aliphatic rings. The topological polar surface area (TPSA) is 110 Å². The van der Waals surface area contributed by atoms with Crippen LogP contribution in [0, 0.1) is 0 Å². The number of benzene rings is 2. The van der Waals surface area contributed by atoms with Crippen LogP contribution in [0.5, 0.6) is 17.2 Å². The summed E-state index contributed by atoms with van der Waals surface area (Å²) in [5, 5.41) is 15.1. The maximum absolute atomic E-state index is 12.4. The van der Waals surface area contributed by atoms with E-state index in [2.05, 4.69) is 15.6 Å². The largest absolute Gasteiger partial charge is 0.495 e. The van der Waals surface area contributed by atoms with E-state index in [1.54, 1.807) is 48.5 Å². The Balaban J connectivity index is 1.62. The second kappa shape index (κ2) is 9.82. The van der Waals surface area contributed by atoms with E-state index >= 15 is 0 Å². The fourth-order valence-corrected chi connectivity index (χ4v) is 2.94. The molecule has 2 amide bonds. The molecule has 9 heteroatoms. The van der Waals surface area contributed by atoms with E-state index in [-0.39, 0.29) is 11.7 Å². The van der Waals surface area contributed by atoms with E-state index in [9.17, 15) is 9.59 Å². The van der Waals surface area contributed by atoms with Gasteiger partial charge in [0, 0.05) is 17.3 Å². The van der Waals surface area contributed by atoms with Crippen molar-refractivity contribution in [2.24, 2.45) is 0 Å². The van der Waals surface area contributed by atoms with Crippen molar-refractivity contribution in [2.75, 3.05) is 12.4 Å².